The summed E-state index contributed by atoms with van der Waals surface area (Å²) in [7, 11) is 1.30. The largest absolute Gasteiger partial charge is 0.491 e. The van der Waals surface area contributed by atoms with Crippen molar-refractivity contribution in [2.24, 2.45) is 0 Å². The van der Waals surface area contributed by atoms with E-state index in [0.717, 1.165) is 8.45 Å². The zero-order valence-corrected chi connectivity index (χ0v) is 22.5. The number of carbonyl (C=O) groups excluding carboxylic acids is 1. The van der Waals surface area contributed by atoms with Gasteiger partial charge in [-0.15, -0.1) is 21.5 Å². The van der Waals surface area contributed by atoms with Crippen LogP contribution in [0.15, 0.2) is 18.2 Å². The van der Waals surface area contributed by atoms with Gasteiger partial charge in [0.2, 0.25) is 0 Å². The van der Waals surface area contributed by atoms with Crippen LogP contribution in [0.25, 0.3) is 0 Å². The van der Waals surface area contributed by atoms with Gasteiger partial charge in [-0.1, -0.05) is 23.2 Å². The number of thiazole rings is 1. The maximum Gasteiger partial charge on any atom is 0.357 e. The summed E-state index contributed by atoms with van der Waals surface area (Å²) in [5.74, 6) is -0.757. The molecule has 0 aliphatic carbocycles. The third-order valence-corrected chi connectivity index (χ3v) is 7.09. The fourth-order valence-corrected chi connectivity index (χ4v) is 5.07. The molecule has 0 bridgehead atoms. The van der Waals surface area contributed by atoms with Crippen LogP contribution in [-0.2, 0) is 11.2 Å². The smallest absolute Gasteiger partial charge is 0.357 e. The highest BCUT2D eigenvalue weighted by Crippen LogP contribution is 2.38. The van der Waals surface area contributed by atoms with E-state index >= 15 is 0 Å². The summed E-state index contributed by atoms with van der Waals surface area (Å²) >= 11 is 15.8. The second kappa shape index (κ2) is 11.6. The van der Waals surface area contributed by atoms with Crippen LogP contribution in [0.3, 0.4) is 0 Å². The Morgan fingerprint density at radius 2 is 2.00 bits per heavy atom. The van der Waals surface area contributed by atoms with Gasteiger partial charge in [-0.25, -0.2) is 14.2 Å². The Labute approximate surface area is 218 Å². The molecule has 3 rings (SSSR count). The molecule has 0 aliphatic heterocycles. The Hall–Kier alpha value is -1.76. The molecule has 0 radical (unpaired) electrons. The van der Waals surface area contributed by atoms with Crippen molar-refractivity contribution in [2.45, 2.75) is 26.7 Å². The van der Waals surface area contributed by atoms with E-state index in [2.05, 4.69) is 15.2 Å². The van der Waals surface area contributed by atoms with Gasteiger partial charge in [-0.2, -0.15) is 0 Å². The van der Waals surface area contributed by atoms with E-state index in [1.807, 2.05) is 34.4 Å². The molecule has 0 saturated carbocycles. The number of carbonyl (C=O) groups is 1. The third-order valence-electron chi connectivity index (χ3n) is 4.67. The maximum atomic E-state index is 14.0. The van der Waals surface area contributed by atoms with Crippen LogP contribution in [0.4, 0.5) is 15.2 Å². The molecule has 12 heteroatoms. The molecular formula is C21H20Cl2FIN4O3S. The topological polar surface area (TPSA) is 77.4 Å². The van der Waals surface area contributed by atoms with E-state index in [-0.39, 0.29) is 28.4 Å². The van der Waals surface area contributed by atoms with E-state index in [1.165, 1.54) is 24.5 Å². The lowest BCUT2D eigenvalue weighted by Gasteiger charge is -2.22. The molecule has 3 aromatic rings. The molecule has 0 spiro atoms. The van der Waals surface area contributed by atoms with Crippen LogP contribution in [0.1, 0.15) is 34.3 Å². The number of hydrogen-bond acceptors (Lipinski definition) is 8. The van der Waals surface area contributed by atoms with Crippen molar-refractivity contribution in [2.75, 3.05) is 25.2 Å². The predicted octanol–water partition coefficient (Wildman–Crippen LogP) is 6.25. The molecule has 0 N–H and O–H groups in total. The van der Waals surface area contributed by atoms with Gasteiger partial charge >= 0.3 is 5.97 Å². The summed E-state index contributed by atoms with van der Waals surface area (Å²) in [5, 5.41) is 8.68. The number of benzene rings is 1. The fourth-order valence-electron chi connectivity index (χ4n) is 3.05. The van der Waals surface area contributed by atoms with Crippen LogP contribution in [-0.4, -0.2) is 41.4 Å². The van der Waals surface area contributed by atoms with E-state index < -0.39 is 11.8 Å². The Bertz CT molecular complexity index is 1160. The number of rotatable bonds is 9. The van der Waals surface area contributed by atoms with E-state index in [4.69, 9.17) is 32.7 Å². The second-order valence-electron chi connectivity index (χ2n) is 6.79. The molecule has 0 saturated heterocycles. The Balaban J connectivity index is 1.82. The van der Waals surface area contributed by atoms with Crippen LogP contribution >= 0.6 is 57.1 Å². The number of halogens is 4. The van der Waals surface area contributed by atoms with Crippen molar-refractivity contribution < 1.29 is 18.7 Å². The monoisotopic (exact) mass is 624 g/mol. The molecule has 2 aromatic heterocycles. The lowest BCUT2D eigenvalue weighted by molar-refractivity contribution is 0.0593. The van der Waals surface area contributed by atoms with Gasteiger partial charge in [0.15, 0.2) is 32.7 Å². The molecular weight excluding hydrogens is 605 g/mol. The van der Waals surface area contributed by atoms with Gasteiger partial charge in [0.25, 0.3) is 0 Å². The highest BCUT2D eigenvalue weighted by molar-refractivity contribution is 14.1. The van der Waals surface area contributed by atoms with E-state index in [0.29, 0.717) is 35.8 Å². The lowest BCUT2D eigenvalue weighted by atomic mass is 10.2. The Morgan fingerprint density at radius 1 is 1.27 bits per heavy atom. The second-order valence-corrected chi connectivity index (χ2v) is 9.81. The average Bonchev–Trinajstić information content (AvgIpc) is 3.21. The number of anilines is 2. The lowest BCUT2D eigenvalue weighted by Crippen LogP contribution is -2.19. The first kappa shape index (κ1) is 25.9. The molecule has 0 atom stereocenters. The molecule has 1 aromatic carbocycles. The van der Waals surface area contributed by atoms with Crippen LogP contribution in [0.5, 0.6) is 5.75 Å². The first-order valence-corrected chi connectivity index (χ1v) is 12.5. The fraction of sp³-hybridized carbons (Fsp3) is 0.333. The average molecular weight is 625 g/mol. The van der Waals surface area contributed by atoms with Crippen LogP contribution in [0.2, 0.25) is 10.3 Å². The number of methoxy groups -OCH3 is 1. The van der Waals surface area contributed by atoms with Gasteiger partial charge in [-0.3, -0.25) is 0 Å². The first-order valence-electron chi connectivity index (χ1n) is 9.88. The third kappa shape index (κ3) is 6.03. The number of esters is 1. The van der Waals surface area contributed by atoms with Crippen molar-refractivity contribution in [3.05, 3.63) is 54.0 Å². The van der Waals surface area contributed by atoms with Crippen molar-refractivity contribution >= 4 is 73.9 Å². The van der Waals surface area contributed by atoms with Gasteiger partial charge < -0.3 is 14.4 Å². The zero-order chi connectivity index (χ0) is 24.1. The summed E-state index contributed by atoms with van der Waals surface area (Å²) in [4.78, 5) is 19.4. The maximum absolute atomic E-state index is 14.0. The van der Waals surface area contributed by atoms with Crippen molar-refractivity contribution in [1.82, 2.24) is 15.2 Å². The SMILES string of the molecule is CCN(c1nc(C(=O)OC)c(CCCOc2ccc(I)cc2F)s1)c1c(Cl)nnc(Cl)c1C. The highest BCUT2D eigenvalue weighted by atomic mass is 127. The summed E-state index contributed by atoms with van der Waals surface area (Å²) in [6, 6.07) is 4.78. The highest BCUT2D eigenvalue weighted by Gasteiger charge is 2.25. The summed E-state index contributed by atoms with van der Waals surface area (Å²) in [5.41, 5.74) is 1.45. The number of hydrogen-bond donors (Lipinski definition) is 0. The minimum absolute atomic E-state index is 0.183. The quantitative estimate of drug-likeness (QED) is 0.158. The molecule has 7 nitrogen and oxygen atoms in total. The molecule has 2 heterocycles. The van der Waals surface area contributed by atoms with Gasteiger partial charge in [-0.05, 0) is 67.5 Å². The zero-order valence-electron chi connectivity index (χ0n) is 18.0. The summed E-state index contributed by atoms with van der Waals surface area (Å²) in [6.07, 6.45) is 1.04. The normalized spacial score (nSPS) is 10.9. The van der Waals surface area contributed by atoms with Gasteiger partial charge in [0.05, 0.1) is 19.4 Å². The standard InChI is InChI=1S/C21H20Cl2FIN4O3S/c1-4-29(17-11(2)18(22)27-28-19(17)23)21-26-16(20(30)31-3)15(33-21)6-5-9-32-14-8-7-12(25)10-13(14)24/h7-8,10H,4-6,9H2,1-3H3. The number of aromatic nitrogens is 3. The molecule has 0 fully saturated rings. The van der Waals surface area contributed by atoms with E-state index in [9.17, 15) is 9.18 Å². The molecule has 0 amide bonds. The van der Waals surface area contributed by atoms with Gasteiger partial charge in [0, 0.05) is 20.6 Å². The first-order chi connectivity index (χ1) is 15.8. The number of ether oxygens (including phenoxy) is 2. The van der Waals surface area contributed by atoms with Crippen LogP contribution < -0.4 is 9.64 Å². The summed E-state index contributed by atoms with van der Waals surface area (Å²) in [6.45, 7) is 4.49. The molecule has 33 heavy (non-hydrogen) atoms. The van der Waals surface area contributed by atoms with Crippen molar-refractivity contribution in [3.8, 4) is 5.75 Å². The minimum atomic E-state index is -0.540. The minimum Gasteiger partial charge on any atom is -0.491 e. The van der Waals surface area contributed by atoms with Crippen molar-refractivity contribution in [3.63, 3.8) is 0 Å². The van der Waals surface area contributed by atoms with Crippen LogP contribution in [0, 0.1) is 16.3 Å². The number of nitrogens with zero attached hydrogens (tertiary/aromatic N) is 4. The Morgan fingerprint density at radius 3 is 2.67 bits per heavy atom. The molecule has 0 unspecified atom stereocenters. The predicted molar refractivity (Wildman–Crippen MR) is 136 cm³/mol. The molecule has 176 valence electrons. The Kier molecular flexibility index (Phi) is 9.08. The molecule has 0 aliphatic rings. The van der Waals surface area contributed by atoms with Crippen molar-refractivity contribution in [1.29, 1.82) is 0 Å². The van der Waals surface area contributed by atoms with Gasteiger partial charge in [0.1, 0.15) is 0 Å². The number of aryl methyl sites for hydroxylation is 1. The summed E-state index contributed by atoms with van der Waals surface area (Å²) < 4.78 is 25.2. The van der Waals surface area contributed by atoms with E-state index in [1.54, 1.807) is 19.1 Å².